The van der Waals surface area contributed by atoms with E-state index < -0.39 is 0 Å². The summed E-state index contributed by atoms with van der Waals surface area (Å²) >= 11 is 3.38. The third-order valence-corrected chi connectivity index (χ3v) is 4.81. The third-order valence-electron chi connectivity index (χ3n) is 2.84. The van der Waals surface area contributed by atoms with Gasteiger partial charge in [0, 0.05) is 11.0 Å². The van der Waals surface area contributed by atoms with Crippen LogP contribution in [0.3, 0.4) is 0 Å². The number of nitrogens with zero attached hydrogens (tertiary/aromatic N) is 1. The third kappa shape index (κ3) is 2.05. The van der Waals surface area contributed by atoms with Crippen LogP contribution in [0.2, 0.25) is 0 Å². The fraction of sp³-hybridized carbons (Fsp3) is 0.0714. The lowest BCUT2D eigenvalue weighted by Gasteiger charge is -2.03. The smallest absolute Gasteiger partial charge is 0.232 e. The SMILES string of the molecule is C1=Cc2sc(C=C3Nc4ccccc4S3)nc2OC1. The zero-order valence-electron chi connectivity index (χ0n) is 9.92. The molecule has 0 atom stereocenters. The number of benzene rings is 1. The van der Waals surface area contributed by atoms with Gasteiger partial charge in [-0.25, -0.2) is 4.98 Å². The lowest BCUT2D eigenvalue weighted by Crippen LogP contribution is -1.98. The first-order chi connectivity index (χ1) is 9.38. The number of fused-ring (bicyclic) bond motifs is 2. The van der Waals surface area contributed by atoms with E-state index in [1.807, 2.05) is 12.1 Å². The van der Waals surface area contributed by atoms with Crippen LogP contribution in [0.1, 0.15) is 9.88 Å². The summed E-state index contributed by atoms with van der Waals surface area (Å²) in [6, 6.07) is 8.29. The summed E-state index contributed by atoms with van der Waals surface area (Å²) in [6.07, 6.45) is 6.16. The average molecular weight is 286 g/mol. The topological polar surface area (TPSA) is 34.2 Å². The van der Waals surface area contributed by atoms with Gasteiger partial charge in [-0.2, -0.15) is 0 Å². The summed E-state index contributed by atoms with van der Waals surface area (Å²) < 4.78 is 5.49. The zero-order chi connectivity index (χ0) is 12.7. The summed E-state index contributed by atoms with van der Waals surface area (Å²) in [5, 5.41) is 5.47. The lowest BCUT2D eigenvalue weighted by molar-refractivity contribution is 0.346. The summed E-state index contributed by atoms with van der Waals surface area (Å²) in [7, 11) is 0. The van der Waals surface area contributed by atoms with Crippen LogP contribution < -0.4 is 10.1 Å². The Labute approximate surface area is 119 Å². The molecule has 1 N–H and O–H groups in total. The predicted octanol–water partition coefficient (Wildman–Crippen LogP) is 4.06. The molecule has 2 aromatic rings. The average Bonchev–Trinajstić information content (AvgIpc) is 3.00. The molecule has 0 spiro atoms. The Bertz CT molecular complexity index is 676. The molecular formula is C14H10N2OS2. The minimum absolute atomic E-state index is 0.616. The second kappa shape index (κ2) is 4.43. The van der Waals surface area contributed by atoms with Crippen molar-refractivity contribution in [1.29, 1.82) is 0 Å². The van der Waals surface area contributed by atoms with Crippen LogP contribution in [-0.4, -0.2) is 11.6 Å². The highest BCUT2D eigenvalue weighted by Gasteiger charge is 2.17. The Morgan fingerprint density at radius 1 is 1.32 bits per heavy atom. The van der Waals surface area contributed by atoms with Gasteiger partial charge in [0.15, 0.2) is 0 Å². The molecule has 19 heavy (non-hydrogen) atoms. The number of nitrogens with one attached hydrogen (secondary N) is 1. The molecule has 3 nitrogen and oxygen atoms in total. The van der Waals surface area contributed by atoms with Gasteiger partial charge in [-0.3, -0.25) is 0 Å². The van der Waals surface area contributed by atoms with Gasteiger partial charge in [0.05, 0.1) is 15.6 Å². The van der Waals surface area contributed by atoms with Crippen molar-refractivity contribution < 1.29 is 4.74 Å². The van der Waals surface area contributed by atoms with Crippen LogP contribution in [0.4, 0.5) is 5.69 Å². The Morgan fingerprint density at radius 3 is 3.16 bits per heavy atom. The highest BCUT2D eigenvalue weighted by Crippen LogP contribution is 2.42. The second-order valence-electron chi connectivity index (χ2n) is 4.17. The molecular weight excluding hydrogens is 276 g/mol. The van der Waals surface area contributed by atoms with E-state index in [1.165, 1.54) is 4.90 Å². The molecule has 0 radical (unpaired) electrons. The molecule has 0 saturated heterocycles. The maximum Gasteiger partial charge on any atom is 0.232 e. The molecule has 0 amide bonds. The highest BCUT2D eigenvalue weighted by molar-refractivity contribution is 8.03. The Kier molecular flexibility index (Phi) is 2.60. The van der Waals surface area contributed by atoms with Gasteiger partial charge in [-0.1, -0.05) is 23.9 Å². The number of hydrogen-bond donors (Lipinski definition) is 1. The summed E-state index contributed by atoms with van der Waals surface area (Å²) in [5.74, 6) is 0.750. The van der Waals surface area contributed by atoms with Crippen molar-refractivity contribution in [2.75, 3.05) is 11.9 Å². The van der Waals surface area contributed by atoms with E-state index in [0.717, 1.165) is 26.5 Å². The zero-order valence-corrected chi connectivity index (χ0v) is 11.6. The van der Waals surface area contributed by atoms with Gasteiger partial charge >= 0.3 is 0 Å². The number of ether oxygens (including phenoxy) is 1. The standard InChI is InChI=1S/C14H10N2OS2/c1-2-5-10-9(4-1)15-12(18-10)8-13-16-14-11(19-13)6-3-7-17-14/h1-6,8,15H,7H2. The molecule has 94 valence electrons. The minimum atomic E-state index is 0.616. The first-order valence-electron chi connectivity index (χ1n) is 5.94. The van der Waals surface area contributed by atoms with E-state index >= 15 is 0 Å². The van der Waals surface area contributed by atoms with Crippen LogP contribution in [-0.2, 0) is 0 Å². The second-order valence-corrected chi connectivity index (χ2v) is 6.31. The maximum absolute atomic E-state index is 5.49. The maximum atomic E-state index is 5.49. The van der Waals surface area contributed by atoms with Gasteiger partial charge in [0.25, 0.3) is 0 Å². The molecule has 2 aliphatic heterocycles. The molecule has 1 aromatic heterocycles. The van der Waals surface area contributed by atoms with E-state index in [0.29, 0.717) is 6.61 Å². The van der Waals surface area contributed by atoms with Crippen molar-refractivity contribution in [1.82, 2.24) is 4.98 Å². The summed E-state index contributed by atoms with van der Waals surface area (Å²) in [4.78, 5) is 6.84. The molecule has 0 fully saturated rings. The lowest BCUT2D eigenvalue weighted by atomic mass is 10.3. The molecule has 0 aliphatic carbocycles. The molecule has 0 bridgehead atoms. The van der Waals surface area contributed by atoms with Crippen molar-refractivity contribution in [2.45, 2.75) is 4.90 Å². The Balaban J connectivity index is 1.64. The number of hydrogen-bond acceptors (Lipinski definition) is 5. The van der Waals surface area contributed by atoms with Crippen molar-refractivity contribution >= 4 is 40.9 Å². The van der Waals surface area contributed by atoms with Crippen molar-refractivity contribution in [3.63, 3.8) is 0 Å². The van der Waals surface area contributed by atoms with Crippen LogP contribution >= 0.6 is 23.1 Å². The largest absolute Gasteiger partial charge is 0.472 e. The van der Waals surface area contributed by atoms with Gasteiger partial charge in [0.2, 0.25) is 5.88 Å². The summed E-state index contributed by atoms with van der Waals surface area (Å²) in [5.41, 5.74) is 1.16. The quantitative estimate of drug-likeness (QED) is 0.857. The molecule has 5 heteroatoms. The molecule has 0 saturated carbocycles. The van der Waals surface area contributed by atoms with E-state index in [4.69, 9.17) is 4.74 Å². The normalized spacial score (nSPS) is 17.8. The first-order valence-corrected chi connectivity index (χ1v) is 7.57. The van der Waals surface area contributed by atoms with Crippen LogP contribution in [0.5, 0.6) is 5.88 Å². The van der Waals surface area contributed by atoms with E-state index in [1.54, 1.807) is 23.1 Å². The number of anilines is 1. The molecule has 4 rings (SSSR count). The van der Waals surface area contributed by atoms with E-state index in [-0.39, 0.29) is 0 Å². The molecule has 2 aliphatic rings. The number of aromatic nitrogens is 1. The predicted molar refractivity (Wildman–Crippen MR) is 80.5 cm³/mol. The molecule has 0 unspecified atom stereocenters. The van der Waals surface area contributed by atoms with Gasteiger partial charge in [-0.15, -0.1) is 11.3 Å². The first kappa shape index (κ1) is 11.1. The fourth-order valence-electron chi connectivity index (χ4n) is 2.00. The minimum Gasteiger partial charge on any atom is -0.472 e. The molecule has 1 aromatic carbocycles. The Morgan fingerprint density at radius 2 is 2.26 bits per heavy atom. The highest BCUT2D eigenvalue weighted by atomic mass is 32.2. The van der Waals surface area contributed by atoms with Crippen molar-refractivity contribution in [3.8, 4) is 5.88 Å². The van der Waals surface area contributed by atoms with Crippen molar-refractivity contribution in [3.05, 3.63) is 45.3 Å². The van der Waals surface area contributed by atoms with Gasteiger partial charge in [-0.05, 0) is 24.3 Å². The fourth-order valence-corrected chi connectivity index (χ4v) is 3.91. The van der Waals surface area contributed by atoms with Crippen molar-refractivity contribution in [2.24, 2.45) is 0 Å². The summed E-state index contributed by atoms with van der Waals surface area (Å²) in [6.45, 7) is 0.616. The molecule has 3 heterocycles. The number of thiazole rings is 1. The van der Waals surface area contributed by atoms with Crippen LogP contribution in [0.15, 0.2) is 40.3 Å². The van der Waals surface area contributed by atoms with E-state index in [9.17, 15) is 0 Å². The number of rotatable bonds is 1. The number of thioether (sulfide) groups is 1. The Hall–Kier alpha value is -1.72. The van der Waals surface area contributed by atoms with Crippen LogP contribution in [0.25, 0.3) is 12.2 Å². The number of para-hydroxylation sites is 1. The van der Waals surface area contributed by atoms with Gasteiger partial charge < -0.3 is 10.1 Å². The van der Waals surface area contributed by atoms with Gasteiger partial charge in [0.1, 0.15) is 11.6 Å². The van der Waals surface area contributed by atoms with E-state index in [2.05, 4.69) is 40.7 Å². The van der Waals surface area contributed by atoms with Crippen LogP contribution in [0, 0.1) is 0 Å². The monoisotopic (exact) mass is 286 g/mol.